The number of benzene rings is 2. The van der Waals surface area contributed by atoms with E-state index in [1.165, 1.54) is 13.2 Å². The molecule has 0 aliphatic carbocycles. The van der Waals surface area contributed by atoms with Gasteiger partial charge in [0.05, 0.1) is 40.8 Å². The maximum Gasteiger partial charge on any atom is 0.433 e. The van der Waals surface area contributed by atoms with Crippen LogP contribution in [0.2, 0.25) is 0 Å². The highest BCUT2D eigenvalue weighted by atomic mass is 19.4. The van der Waals surface area contributed by atoms with Crippen LogP contribution < -0.4 is 5.69 Å². The average Bonchev–Trinajstić information content (AvgIpc) is 3.60. The number of nitrogens with zero attached hydrogens (tertiary/aromatic N) is 8. The number of hydrogen-bond donors (Lipinski definition) is 0. The van der Waals surface area contributed by atoms with Gasteiger partial charge in [-0.25, -0.2) is 14.8 Å². The maximum absolute atomic E-state index is 13.7. The van der Waals surface area contributed by atoms with Crippen LogP contribution in [0.4, 0.5) is 13.2 Å². The molecular weight excluding hydrogens is 485 g/mol. The Bertz CT molecular complexity index is 1900. The van der Waals surface area contributed by atoms with Crippen molar-refractivity contribution >= 4 is 22.1 Å². The van der Waals surface area contributed by atoms with Crippen LogP contribution in [0.3, 0.4) is 0 Å². The van der Waals surface area contributed by atoms with Crippen LogP contribution in [0.1, 0.15) is 5.69 Å². The van der Waals surface area contributed by atoms with Gasteiger partial charge in [0.15, 0.2) is 5.82 Å². The zero-order valence-corrected chi connectivity index (χ0v) is 20.3. The predicted octanol–water partition coefficient (Wildman–Crippen LogP) is 4.04. The third-order valence-electron chi connectivity index (χ3n) is 6.73. The maximum atomic E-state index is 13.7. The monoisotopic (exact) mass is 506 g/mol. The summed E-state index contributed by atoms with van der Waals surface area (Å²) in [5.41, 5.74) is 3.56. The lowest BCUT2D eigenvalue weighted by Crippen LogP contribution is -2.19. The summed E-state index contributed by atoms with van der Waals surface area (Å²) in [6.07, 6.45) is -0.0131. The summed E-state index contributed by atoms with van der Waals surface area (Å²) in [5.74, 6) is 0.565. The third kappa shape index (κ3) is 3.32. The second-order valence-corrected chi connectivity index (χ2v) is 8.97. The van der Waals surface area contributed by atoms with E-state index in [9.17, 15) is 18.0 Å². The highest BCUT2D eigenvalue weighted by Crippen LogP contribution is 2.38. The van der Waals surface area contributed by atoms with E-state index in [1.807, 2.05) is 34.4 Å². The second-order valence-electron chi connectivity index (χ2n) is 8.97. The van der Waals surface area contributed by atoms with Crippen molar-refractivity contribution in [1.82, 2.24) is 38.0 Å². The second kappa shape index (κ2) is 7.69. The van der Waals surface area contributed by atoms with Gasteiger partial charge in [-0.05, 0) is 35.9 Å². The summed E-state index contributed by atoms with van der Waals surface area (Å²) >= 11 is 0. The van der Waals surface area contributed by atoms with E-state index in [4.69, 9.17) is 4.98 Å². The first-order valence-electron chi connectivity index (χ1n) is 11.3. The smallest absolute Gasteiger partial charge is 0.331 e. The van der Waals surface area contributed by atoms with Crippen LogP contribution in [0.5, 0.6) is 0 Å². The van der Waals surface area contributed by atoms with Gasteiger partial charge in [0.1, 0.15) is 11.4 Å². The fraction of sp³-hybridized carbons (Fsp3) is 0.200. The molecule has 0 saturated heterocycles. The number of hydrogen-bond acceptors (Lipinski definition) is 4. The zero-order valence-electron chi connectivity index (χ0n) is 20.3. The van der Waals surface area contributed by atoms with Gasteiger partial charge in [-0.1, -0.05) is 6.07 Å². The normalized spacial score (nSPS) is 12.3. The molecule has 0 unspecified atom stereocenters. The van der Waals surface area contributed by atoms with E-state index in [1.54, 1.807) is 54.0 Å². The van der Waals surface area contributed by atoms with Gasteiger partial charge in [0.2, 0.25) is 0 Å². The largest absolute Gasteiger partial charge is 0.433 e. The summed E-state index contributed by atoms with van der Waals surface area (Å²) < 4.78 is 48.9. The van der Waals surface area contributed by atoms with Gasteiger partial charge in [-0.3, -0.25) is 18.4 Å². The van der Waals surface area contributed by atoms with Crippen LogP contribution in [-0.4, -0.2) is 38.0 Å². The fourth-order valence-electron chi connectivity index (χ4n) is 4.87. The van der Waals surface area contributed by atoms with E-state index in [2.05, 4.69) is 10.1 Å². The molecule has 0 amide bonds. The minimum absolute atomic E-state index is 0.0192. The molecule has 0 atom stereocenters. The van der Waals surface area contributed by atoms with Crippen LogP contribution in [0, 0.1) is 0 Å². The van der Waals surface area contributed by atoms with Crippen molar-refractivity contribution in [3.8, 4) is 28.3 Å². The van der Waals surface area contributed by atoms with E-state index < -0.39 is 11.9 Å². The quantitative estimate of drug-likeness (QED) is 0.363. The molecule has 12 heteroatoms. The molecule has 0 aliphatic rings. The number of imidazole rings is 3. The van der Waals surface area contributed by atoms with Crippen molar-refractivity contribution in [3.05, 3.63) is 71.3 Å². The predicted molar refractivity (Wildman–Crippen MR) is 132 cm³/mol. The molecule has 6 rings (SSSR count). The van der Waals surface area contributed by atoms with E-state index >= 15 is 0 Å². The Morgan fingerprint density at radius 1 is 0.865 bits per heavy atom. The average molecular weight is 506 g/mol. The molecule has 0 saturated carbocycles. The number of halogens is 3. The molecule has 4 heterocycles. The highest BCUT2D eigenvalue weighted by molar-refractivity contribution is 5.88. The molecule has 6 aromatic rings. The Labute approximate surface area is 207 Å². The summed E-state index contributed by atoms with van der Waals surface area (Å²) in [6, 6.07) is 10.7. The lowest BCUT2D eigenvalue weighted by atomic mass is 10.1. The van der Waals surface area contributed by atoms with Crippen LogP contribution >= 0.6 is 0 Å². The Morgan fingerprint density at radius 2 is 1.59 bits per heavy atom. The molecule has 188 valence electrons. The first-order chi connectivity index (χ1) is 17.6. The molecule has 37 heavy (non-hydrogen) atoms. The summed E-state index contributed by atoms with van der Waals surface area (Å²) in [4.78, 5) is 21.5. The standard InChI is InChI=1S/C25H21F3N8O/c1-32-13-29-12-21(32)23-31-17-9-14(16-11-30-35(4)22(16)25(26,27)28)5-7-18(17)36(23)15-6-8-19-20(10-15)34(3)24(37)33(19)2/h5-13H,1-4H3. The number of rotatable bonds is 3. The van der Waals surface area contributed by atoms with Gasteiger partial charge in [-0.2, -0.15) is 18.3 Å². The van der Waals surface area contributed by atoms with Gasteiger partial charge >= 0.3 is 11.9 Å². The van der Waals surface area contributed by atoms with Gasteiger partial charge in [-0.15, -0.1) is 0 Å². The number of alkyl halides is 3. The minimum Gasteiger partial charge on any atom is -0.331 e. The van der Waals surface area contributed by atoms with Crippen molar-refractivity contribution in [2.24, 2.45) is 28.2 Å². The summed E-state index contributed by atoms with van der Waals surface area (Å²) in [7, 11) is 6.54. The molecule has 4 aromatic heterocycles. The van der Waals surface area contributed by atoms with Crippen molar-refractivity contribution in [2.45, 2.75) is 6.18 Å². The third-order valence-corrected chi connectivity index (χ3v) is 6.73. The SMILES string of the molecule is Cn1cncc1-c1nc2cc(-c3cnn(C)c3C(F)(F)F)ccc2n1-c1ccc2c(c1)n(C)c(=O)n2C. The molecule has 0 spiro atoms. The van der Waals surface area contributed by atoms with Gasteiger partial charge in [0, 0.05) is 39.4 Å². The Kier molecular flexibility index (Phi) is 4.75. The van der Waals surface area contributed by atoms with E-state index in [0.29, 0.717) is 22.4 Å². The molecule has 0 fully saturated rings. The van der Waals surface area contributed by atoms with Crippen LogP contribution in [0.15, 0.2) is 59.9 Å². The summed E-state index contributed by atoms with van der Waals surface area (Å²) in [6.45, 7) is 0. The molecule has 0 aliphatic heterocycles. The Hall–Kier alpha value is -4.61. The highest BCUT2D eigenvalue weighted by Gasteiger charge is 2.37. The number of fused-ring (bicyclic) bond motifs is 2. The lowest BCUT2D eigenvalue weighted by Gasteiger charge is -2.11. The Balaban J connectivity index is 1.62. The lowest BCUT2D eigenvalue weighted by molar-refractivity contribution is -0.143. The molecule has 9 nitrogen and oxygen atoms in total. The molecule has 2 aromatic carbocycles. The zero-order chi connectivity index (χ0) is 26.2. The van der Waals surface area contributed by atoms with Crippen molar-refractivity contribution < 1.29 is 13.2 Å². The van der Waals surface area contributed by atoms with Crippen molar-refractivity contribution in [3.63, 3.8) is 0 Å². The topological polar surface area (TPSA) is 80.4 Å². The Morgan fingerprint density at radius 3 is 2.30 bits per heavy atom. The van der Waals surface area contributed by atoms with Gasteiger partial charge < -0.3 is 4.57 Å². The number of aryl methyl sites for hydroxylation is 4. The fourth-order valence-corrected chi connectivity index (χ4v) is 4.87. The van der Waals surface area contributed by atoms with Crippen molar-refractivity contribution in [1.29, 1.82) is 0 Å². The molecule has 0 radical (unpaired) electrons. The van der Waals surface area contributed by atoms with E-state index in [0.717, 1.165) is 27.1 Å². The molecule has 0 N–H and O–H groups in total. The molecule has 0 bridgehead atoms. The summed E-state index contributed by atoms with van der Waals surface area (Å²) in [5, 5.41) is 3.84. The molecular formula is C25H21F3N8O. The van der Waals surface area contributed by atoms with Crippen LogP contribution in [0.25, 0.3) is 50.4 Å². The van der Waals surface area contributed by atoms with Crippen molar-refractivity contribution in [2.75, 3.05) is 0 Å². The first-order valence-corrected chi connectivity index (χ1v) is 11.3. The van der Waals surface area contributed by atoms with Gasteiger partial charge in [0.25, 0.3) is 0 Å². The number of aromatic nitrogens is 8. The minimum atomic E-state index is -4.56. The first kappa shape index (κ1) is 22.8. The van der Waals surface area contributed by atoms with Crippen LogP contribution in [-0.2, 0) is 34.4 Å². The van der Waals surface area contributed by atoms with E-state index in [-0.39, 0.29) is 11.3 Å².